The monoisotopic (exact) mass is 616 g/mol. The molecule has 14 heteroatoms. The Bertz CT molecular complexity index is 1430. The van der Waals surface area contributed by atoms with Crippen molar-refractivity contribution in [1.82, 2.24) is 20.8 Å². The molecule has 0 spiro atoms. The van der Waals surface area contributed by atoms with Gasteiger partial charge in [0.15, 0.2) is 11.6 Å². The number of aromatic nitrogens is 2. The van der Waals surface area contributed by atoms with E-state index >= 15 is 0 Å². The molecule has 1 heterocycles. The van der Waals surface area contributed by atoms with Crippen molar-refractivity contribution in [3.05, 3.63) is 65.2 Å². The van der Waals surface area contributed by atoms with Crippen LogP contribution >= 0.6 is 11.8 Å². The molecule has 0 fully saturated rings. The Kier molecular flexibility index (Phi) is 12.2. The van der Waals surface area contributed by atoms with Gasteiger partial charge in [-0.2, -0.15) is 4.98 Å². The maximum absolute atomic E-state index is 13.3. The average molecular weight is 617 g/mol. The van der Waals surface area contributed by atoms with Crippen molar-refractivity contribution in [3.8, 4) is 17.2 Å². The number of thioether (sulfide) groups is 1. The minimum Gasteiger partial charge on any atom is -0.496 e. The largest absolute Gasteiger partial charge is 0.496 e. The fourth-order valence-electron chi connectivity index (χ4n) is 4.03. The van der Waals surface area contributed by atoms with Crippen LogP contribution in [0.4, 0.5) is 4.39 Å². The molecule has 0 radical (unpaired) electrons. The van der Waals surface area contributed by atoms with Gasteiger partial charge in [-0.25, -0.2) is 4.39 Å². The van der Waals surface area contributed by atoms with Crippen molar-refractivity contribution in [2.45, 2.75) is 50.6 Å². The van der Waals surface area contributed by atoms with Crippen molar-refractivity contribution in [3.63, 3.8) is 0 Å². The Morgan fingerprint density at radius 1 is 1.09 bits per heavy atom. The van der Waals surface area contributed by atoms with Gasteiger partial charge in [0.2, 0.25) is 11.8 Å². The fraction of sp³-hybridized carbons (Fsp3) is 0.379. The first-order valence-electron chi connectivity index (χ1n) is 13.2. The number of hydrogen-bond acceptors (Lipinski definition) is 10. The van der Waals surface area contributed by atoms with Gasteiger partial charge < -0.3 is 29.7 Å². The number of Topliss-reactive ketones (excluding diaryl/α,β-unsaturated/α-hetero) is 1. The van der Waals surface area contributed by atoms with Crippen LogP contribution in [0.5, 0.6) is 5.75 Å². The molecule has 0 bridgehead atoms. The Hall–Kier alpha value is -4.30. The van der Waals surface area contributed by atoms with Crippen LogP contribution in [0, 0.1) is 12.7 Å². The number of carboxylic acid groups (broad SMARTS) is 1. The molecule has 3 atom stereocenters. The lowest BCUT2D eigenvalue weighted by atomic mass is 10.0. The molecule has 12 nitrogen and oxygen atoms in total. The molecular weight excluding hydrogens is 583 g/mol. The first-order chi connectivity index (χ1) is 20.5. The van der Waals surface area contributed by atoms with Crippen LogP contribution in [0.25, 0.3) is 11.5 Å². The normalized spacial score (nSPS) is 13.0. The summed E-state index contributed by atoms with van der Waals surface area (Å²) >= 11 is 1.20. The summed E-state index contributed by atoms with van der Waals surface area (Å²) in [6, 6.07) is 8.19. The minimum absolute atomic E-state index is 0.0951. The number of ether oxygens (including phenoxy) is 2. The van der Waals surface area contributed by atoms with E-state index in [-0.39, 0.29) is 23.9 Å². The number of carbonyl (C=O) groups excluding carboxylic acids is 3. The van der Waals surface area contributed by atoms with E-state index in [1.807, 2.05) is 0 Å². The van der Waals surface area contributed by atoms with E-state index in [4.69, 9.17) is 14.0 Å². The van der Waals surface area contributed by atoms with Crippen LogP contribution in [0.15, 0.2) is 47.0 Å². The van der Waals surface area contributed by atoms with E-state index in [1.54, 1.807) is 44.2 Å². The second kappa shape index (κ2) is 15.8. The molecule has 0 aliphatic rings. The van der Waals surface area contributed by atoms with Crippen LogP contribution in [0.2, 0.25) is 0 Å². The third-order valence-electron chi connectivity index (χ3n) is 6.36. The van der Waals surface area contributed by atoms with E-state index in [2.05, 4.69) is 20.8 Å². The molecule has 3 N–H and O–H groups in total. The van der Waals surface area contributed by atoms with Crippen LogP contribution in [-0.4, -0.2) is 77.0 Å². The van der Waals surface area contributed by atoms with Crippen molar-refractivity contribution in [2.24, 2.45) is 0 Å². The highest BCUT2D eigenvalue weighted by Gasteiger charge is 2.32. The molecule has 2 amide bonds. The fourth-order valence-corrected chi connectivity index (χ4v) is 4.96. The molecule has 0 aliphatic heterocycles. The number of rotatable bonds is 16. The molecule has 0 aliphatic carbocycles. The highest BCUT2D eigenvalue weighted by Crippen LogP contribution is 2.26. The highest BCUT2D eigenvalue weighted by atomic mass is 32.2. The summed E-state index contributed by atoms with van der Waals surface area (Å²) < 4.78 is 29.0. The lowest BCUT2D eigenvalue weighted by molar-refractivity contribution is -0.140. The van der Waals surface area contributed by atoms with Crippen molar-refractivity contribution in [1.29, 1.82) is 0 Å². The van der Waals surface area contributed by atoms with Gasteiger partial charge in [0.25, 0.3) is 5.89 Å². The summed E-state index contributed by atoms with van der Waals surface area (Å²) in [4.78, 5) is 55.0. The lowest BCUT2D eigenvalue weighted by Gasteiger charge is -2.26. The van der Waals surface area contributed by atoms with Crippen LogP contribution in [0.3, 0.4) is 0 Å². The van der Waals surface area contributed by atoms with Gasteiger partial charge in [-0.1, -0.05) is 17.3 Å². The van der Waals surface area contributed by atoms with E-state index in [9.17, 15) is 28.7 Å². The topological polar surface area (TPSA) is 170 Å². The number of ketones is 1. The van der Waals surface area contributed by atoms with Gasteiger partial charge >= 0.3 is 5.97 Å². The summed E-state index contributed by atoms with van der Waals surface area (Å²) in [7, 11) is 2.80. The zero-order valence-corrected chi connectivity index (χ0v) is 24.9. The number of carbonyl (C=O) groups is 4. The number of benzene rings is 2. The maximum Gasteiger partial charge on any atom is 0.305 e. The summed E-state index contributed by atoms with van der Waals surface area (Å²) in [5.74, 6) is -2.12. The van der Waals surface area contributed by atoms with Crippen molar-refractivity contribution in [2.75, 3.05) is 20.0 Å². The second-order valence-electron chi connectivity index (χ2n) is 9.58. The predicted molar refractivity (Wildman–Crippen MR) is 155 cm³/mol. The molecule has 3 rings (SSSR count). The minimum atomic E-state index is -1.34. The molecule has 3 aromatic rings. The van der Waals surface area contributed by atoms with Gasteiger partial charge in [-0.15, -0.1) is 11.8 Å². The molecular formula is C29H33FN4O8S. The van der Waals surface area contributed by atoms with Crippen molar-refractivity contribution < 1.29 is 42.7 Å². The predicted octanol–water partition coefficient (Wildman–Crippen LogP) is 2.72. The third-order valence-corrected chi connectivity index (χ3v) is 7.38. The second-order valence-corrected chi connectivity index (χ2v) is 10.6. The average Bonchev–Trinajstić information content (AvgIpc) is 3.41. The number of aliphatic carboxylic acids is 1. The van der Waals surface area contributed by atoms with Gasteiger partial charge in [-0.05, 0) is 49.7 Å². The molecule has 43 heavy (non-hydrogen) atoms. The Labute approximate surface area is 251 Å². The first-order valence-corrected chi connectivity index (χ1v) is 14.3. The number of amides is 2. The number of halogens is 1. The van der Waals surface area contributed by atoms with E-state index < -0.39 is 48.2 Å². The molecule has 0 saturated heterocycles. The standard InChI is InChI=1S/C29H33FN4O8S/c1-16(40-3)27(33-25(36)12-20-11-19(7-10-24(20)41-4)29-31-17(2)34-42-29)28(39)32-22(13-26(37)38)23(35)15-43-14-18-5-8-21(30)9-6-18/h5-11,16,22,27H,12-15H2,1-4H3,(H,32,39)(H,33,36)(H,37,38). The lowest BCUT2D eigenvalue weighted by Crippen LogP contribution is -2.56. The van der Waals surface area contributed by atoms with Gasteiger partial charge in [0, 0.05) is 24.0 Å². The summed E-state index contributed by atoms with van der Waals surface area (Å²) in [6.45, 7) is 3.23. The third kappa shape index (κ3) is 9.89. The van der Waals surface area contributed by atoms with Crippen molar-refractivity contribution >= 4 is 35.3 Å². The molecule has 230 valence electrons. The van der Waals surface area contributed by atoms with Crippen LogP contribution in [-0.2, 0) is 36.1 Å². The molecule has 0 saturated carbocycles. The van der Waals surface area contributed by atoms with E-state index in [0.717, 1.165) is 5.56 Å². The van der Waals surface area contributed by atoms with E-state index in [1.165, 1.54) is 38.1 Å². The van der Waals surface area contributed by atoms with E-state index in [0.29, 0.717) is 28.5 Å². The molecule has 3 unspecified atom stereocenters. The highest BCUT2D eigenvalue weighted by molar-refractivity contribution is 7.99. The zero-order chi connectivity index (χ0) is 31.5. The summed E-state index contributed by atoms with van der Waals surface area (Å²) in [5, 5.41) is 18.2. The number of carboxylic acids is 1. The Morgan fingerprint density at radius 2 is 1.81 bits per heavy atom. The Morgan fingerprint density at radius 3 is 2.42 bits per heavy atom. The molecule has 1 aromatic heterocycles. The smallest absolute Gasteiger partial charge is 0.305 e. The number of aryl methyl sites for hydroxylation is 1. The SMILES string of the molecule is COc1ccc(-c2nc(C)no2)cc1CC(=O)NC(C(=O)NC(CC(=O)O)C(=O)CSCc1ccc(F)cc1)C(C)OC. The zero-order valence-electron chi connectivity index (χ0n) is 24.1. The number of nitrogens with zero attached hydrogens (tertiary/aromatic N) is 2. The van der Waals surface area contributed by atoms with Gasteiger partial charge in [0.1, 0.15) is 17.6 Å². The van der Waals surface area contributed by atoms with Gasteiger partial charge in [-0.3, -0.25) is 19.2 Å². The number of nitrogens with one attached hydrogen (secondary N) is 2. The quantitative estimate of drug-likeness (QED) is 0.216. The van der Waals surface area contributed by atoms with Gasteiger partial charge in [0.05, 0.1) is 37.9 Å². The van der Waals surface area contributed by atoms with Crippen LogP contribution < -0.4 is 15.4 Å². The number of hydrogen-bond donors (Lipinski definition) is 3. The summed E-state index contributed by atoms with van der Waals surface area (Å²) in [5.41, 5.74) is 1.83. The maximum atomic E-state index is 13.3. The van der Waals surface area contributed by atoms with Crippen LogP contribution in [0.1, 0.15) is 30.3 Å². The summed E-state index contributed by atoms with van der Waals surface area (Å²) in [6.07, 6.45) is -1.67. The Balaban J connectivity index is 1.69. The first kappa shape index (κ1) is 33.2. The molecule has 2 aromatic carbocycles. The number of methoxy groups -OCH3 is 2.